The van der Waals surface area contributed by atoms with Crippen LogP contribution in [-0.2, 0) is 14.2 Å². The van der Waals surface area contributed by atoms with Crippen LogP contribution in [0, 0.1) is 0 Å². The van der Waals surface area contributed by atoms with Crippen LogP contribution in [0.25, 0.3) is 0 Å². The van der Waals surface area contributed by atoms with E-state index in [1.807, 2.05) is 0 Å². The molecule has 0 radical (unpaired) electrons. The summed E-state index contributed by atoms with van der Waals surface area (Å²) in [6.07, 6.45) is 11.1. The van der Waals surface area contributed by atoms with E-state index >= 15 is 0 Å². The van der Waals surface area contributed by atoms with E-state index in [0.717, 1.165) is 51.4 Å². The summed E-state index contributed by atoms with van der Waals surface area (Å²) in [6, 6.07) is 0. The maximum absolute atomic E-state index is 6.72. The molecular weight excluding hydrogens is 307 g/mol. The quantitative estimate of drug-likeness (QED) is 0.510. The Labute approximate surface area is 143 Å². The van der Waals surface area contributed by atoms with Crippen molar-refractivity contribution in [3.05, 3.63) is 0 Å². The second-order valence-corrected chi connectivity index (χ2v) is 10.7. The summed E-state index contributed by atoms with van der Waals surface area (Å²) in [6.45, 7) is 11.5. The minimum Gasteiger partial charge on any atom is -0.318 e. The van der Waals surface area contributed by atoms with Crippen LogP contribution in [0.15, 0.2) is 0 Å². The molecular formula is C19H35O3P. The lowest BCUT2D eigenvalue weighted by Crippen LogP contribution is -2.74. The van der Waals surface area contributed by atoms with Crippen LogP contribution >= 0.6 is 7.92 Å². The van der Waals surface area contributed by atoms with Gasteiger partial charge in [0.1, 0.15) is 0 Å². The molecule has 4 saturated heterocycles. The van der Waals surface area contributed by atoms with Crippen LogP contribution in [0.3, 0.4) is 0 Å². The van der Waals surface area contributed by atoms with Crippen LogP contribution in [-0.4, -0.2) is 28.9 Å². The van der Waals surface area contributed by atoms with Gasteiger partial charge in [-0.2, -0.15) is 0 Å². The summed E-state index contributed by atoms with van der Waals surface area (Å²) in [4.78, 5) is 0. The first kappa shape index (κ1) is 18.1. The highest BCUT2D eigenvalue weighted by Gasteiger charge is 2.73. The van der Waals surface area contributed by atoms with Gasteiger partial charge in [0.2, 0.25) is 0 Å². The zero-order valence-corrected chi connectivity index (χ0v) is 16.6. The second kappa shape index (κ2) is 6.24. The molecule has 0 N–H and O–H groups in total. The molecule has 0 aliphatic carbocycles. The van der Waals surface area contributed by atoms with Crippen molar-refractivity contribution in [1.29, 1.82) is 0 Å². The summed E-state index contributed by atoms with van der Waals surface area (Å²) >= 11 is 0. The van der Waals surface area contributed by atoms with Gasteiger partial charge in [-0.1, -0.05) is 53.4 Å². The molecule has 0 amide bonds. The van der Waals surface area contributed by atoms with Crippen molar-refractivity contribution in [3.8, 4) is 0 Å². The van der Waals surface area contributed by atoms with Crippen molar-refractivity contribution in [2.75, 3.05) is 6.66 Å². The Morgan fingerprint density at radius 2 is 1.17 bits per heavy atom. The Morgan fingerprint density at radius 1 is 0.696 bits per heavy atom. The molecule has 0 aromatic carbocycles. The highest BCUT2D eigenvalue weighted by atomic mass is 31.1. The molecule has 4 heteroatoms. The van der Waals surface area contributed by atoms with E-state index in [1.54, 1.807) is 0 Å². The predicted molar refractivity (Wildman–Crippen MR) is 95.9 cm³/mol. The molecule has 4 aliphatic rings. The third-order valence-corrected chi connectivity index (χ3v) is 9.42. The zero-order chi connectivity index (χ0) is 16.8. The maximum atomic E-state index is 6.72. The van der Waals surface area contributed by atoms with E-state index in [0.29, 0.717) is 5.16 Å². The molecule has 0 aromatic rings. The van der Waals surface area contributed by atoms with Gasteiger partial charge in [-0.25, -0.2) is 0 Å². The molecule has 4 fully saturated rings. The van der Waals surface area contributed by atoms with Gasteiger partial charge in [-0.05, 0) is 21.0 Å². The molecule has 23 heavy (non-hydrogen) atoms. The molecule has 3 atom stereocenters. The van der Waals surface area contributed by atoms with Gasteiger partial charge in [0.15, 0.2) is 17.1 Å². The summed E-state index contributed by atoms with van der Waals surface area (Å²) in [7, 11) is -0.316. The molecule has 0 saturated carbocycles. The van der Waals surface area contributed by atoms with Gasteiger partial charge in [-0.15, -0.1) is 0 Å². The third-order valence-electron chi connectivity index (χ3n) is 6.03. The van der Waals surface area contributed by atoms with E-state index < -0.39 is 0 Å². The van der Waals surface area contributed by atoms with Crippen LogP contribution in [0.5, 0.6) is 0 Å². The van der Waals surface area contributed by atoms with Crippen molar-refractivity contribution in [2.24, 2.45) is 0 Å². The normalized spacial score (nSPS) is 48.1. The fraction of sp³-hybridized carbons (Fsp3) is 1.00. The van der Waals surface area contributed by atoms with Crippen molar-refractivity contribution in [3.63, 3.8) is 0 Å². The minimum absolute atomic E-state index is 0.316. The first-order chi connectivity index (χ1) is 10.9. The Hall–Kier alpha value is 0.310. The fourth-order valence-corrected chi connectivity index (χ4v) is 8.87. The average molecular weight is 342 g/mol. The topological polar surface area (TPSA) is 27.7 Å². The lowest BCUT2D eigenvalue weighted by molar-refractivity contribution is -0.517. The third kappa shape index (κ3) is 2.71. The van der Waals surface area contributed by atoms with E-state index in [2.05, 4.69) is 34.4 Å². The van der Waals surface area contributed by atoms with Crippen LogP contribution in [0.2, 0.25) is 0 Å². The van der Waals surface area contributed by atoms with Crippen LogP contribution in [0.4, 0.5) is 0 Å². The number of ether oxygens (including phenoxy) is 3. The smallest absolute Gasteiger partial charge is 0.193 e. The van der Waals surface area contributed by atoms with Gasteiger partial charge in [0.25, 0.3) is 0 Å². The van der Waals surface area contributed by atoms with Gasteiger partial charge >= 0.3 is 0 Å². The second-order valence-electron chi connectivity index (χ2n) is 7.98. The molecule has 4 aliphatic heterocycles. The molecule has 4 bridgehead atoms. The van der Waals surface area contributed by atoms with E-state index in [1.165, 1.54) is 12.8 Å². The molecule has 0 aromatic heterocycles. The van der Waals surface area contributed by atoms with Crippen LogP contribution in [0.1, 0.15) is 91.9 Å². The molecule has 3 unspecified atom stereocenters. The molecule has 4 rings (SSSR count). The van der Waals surface area contributed by atoms with Gasteiger partial charge in [0, 0.05) is 37.3 Å². The Bertz CT molecular complexity index is 386. The highest BCUT2D eigenvalue weighted by molar-refractivity contribution is 7.60. The summed E-state index contributed by atoms with van der Waals surface area (Å²) < 4.78 is 20.1. The summed E-state index contributed by atoms with van der Waals surface area (Å²) in [5, 5.41) is 0.387. The predicted octanol–water partition coefficient (Wildman–Crippen LogP) is 5.95. The average Bonchev–Trinajstić information content (AvgIpc) is 2.44. The minimum atomic E-state index is -0.389. The maximum Gasteiger partial charge on any atom is 0.193 e. The summed E-state index contributed by atoms with van der Waals surface area (Å²) in [5.74, 6) is -0.779. The Kier molecular flexibility index (Phi) is 4.91. The van der Waals surface area contributed by atoms with Gasteiger partial charge in [0.05, 0.1) is 0 Å². The van der Waals surface area contributed by atoms with Crippen molar-refractivity contribution in [2.45, 2.75) is 114 Å². The Morgan fingerprint density at radius 3 is 1.61 bits per heavy atom. The standard InChI is InChI=1S/C19H35O3P/c1-6-10-16-14-17(11-7-2)20-18(15-16,12-8-3)22-19(21-17,13-9-4)23(16)5/h6-15H2,1-5H3. The molecule has 3 nitrogen and oxygen atoms in total. The van der Waals surface area contributed by atoms with E-state index in [9.17, 15) is 0 Å². The van der Waals surface area contributed by atoms with Crippen LogP contribution < -0.4 is 0 Å². The first-order valence-electron chi connectivity index (χ1n) is 9.78. The van der Waals surface area contributed by atoms with E-state index in [4.69, 9.17) is 14.2 Å². The zero-order valence-electron chi connectivity index (χ0n) is 15.7. The fourth-order valence-electron chi connectivity index (χ4n) is 5.47. The monoisotopic (exact) mass is 342 g/mol. The highest BCUT2D eigenvalue weighted by Crippen LogP contribution is 2.78. The van der Waals surface area contributed by atoms with Gasteiger partial charge in [-0.3, -0.25) is 0 Å². The van der Waals surface area contributed by atoms with Crippen molar-refractivity contribution < 1.29 is 14.2 Å². The molecule has 4 heterocycles. The SMILES string of the molecule is CCCC12CC3(CCC)CC(CCC)(O1)OC(CCC)(O2)P3C. The lowest BCUT2D eigenvalue weighted by atomic mass is 9.80. The summed E-state index contributed by atoms with van der Waals surface area (Å²) in [5.41, 5.74) is -0.363. The van der Waals surface area contributed by atoms with Gasteiger partial charge < -0.3 is 14.2 Å². The number of hydrogen-bond acceptors (Lipinski definition) is 3. The molecule has 0 spiro atoms. The van der Waals surface area contributed by atoms with Crippen molar-refractivity contribution in [1.82, 2.24) is 0 Å². The Balaban J connectivity index is 2.06. The molecule has 134 valence electrons. The van der Waals surface area contributed by atoms with E-state index in [-0.39, 0.29) is 25.0 Å². The van der Waals surface area contributed by atoms with Crippen molar-refractivity contribution >= 4 is 7.92 Å². The first-order valence-corrected chi connectivity index (χ1v) is 11.6. The number of rotatable bonds is 8. The number of hydrogen-bond donors (Lipinski definition) is 0. The lowest BCUT2D eigenvalue weighted by Gasteiger charge is -2.72. The largest absolute Gasteiger partial charge is 0.318 e.